The summed E-state index contributed by atoms with van der Waals surface area (Å²) in [6.45, 7) is 2.05. The maximum Gasteiger partial charge on any atom is 0.526 e. The van der Waals surface area contributed by atoms with Gasteiger partial charge in [-0.1, -0.05) is 13.3 Å². The minimum absolute atomic E-state index is 0.227. The Morgan fingerprint density at radius 2 is 1.12 bits per heavy atom. The Bertz CT molecular complexity index is 188. The van der Waals surface area contributed by atoms with E-state index in [1.165, 1.54) is 0 Å². The van der Waals surface area contributed by atoms with Crippen LogP contribution in [0, 0.1) is 0 Å². The van der Waals surface area contributed by atoms with Gasteiger partial charge in [-0.2, -0.15) is 0 Å². The highest BCUT2D eigenvalue weighted by Crippen LogP contribution is 2.18. The molecule has 0 amide bonds. The largest absolute Gasteiger partial charge is 0.526 e. The topological polar surface area (TPSA) is 55.4 Å². The lowest BCUT2D eigenvalue weighted by atomic mass is 10.6. The summed E-state index contributed by atoms with van der Waals surface area (Å²) in [6.07, 6.45) is 1.15. The molecule has 8 heteroatoms. The molecule has 0 heterocycles. The zero-order valence-corrected chi connectivity index (χ0v) is 13.6. The highest BCUT2D eigenvalue weighted by atomic mass is 28.4. The summed E-state index contributed by atoms with van der Waals surface area (Å²) in [5, 5.41) is 0. The monoisotopic (exact) mass is 284 g/mol. The van der Waals surface area contributed by atoms with E-state index in [2.05, 4.69) is 6.92 Å². The maximum atomic E-state index is 5.79. The van der Waals surface area contributed by atoms with E-state index < -0.39 is 17.6 Å². The van der Waals surface area contributed by atoms with Crippen LogP contribution in [-0.4, -0.2) is 59.4 Å². The smallest absolute Gasteiger partial charge is 0.377 e. The van der Waals surface area contributed by atoms with Crippen molar-refractivity contribution < 1.29 is 26.6 Å². The Hall–Kier alpha value is 0.194. The molecule has 17 heavy (non-hydrogen) atoms. The first-order valence-electron chi connectivity index (χ1n) is 5.47. The molecule has 0 aromatic heterocycles. The molecule has 0 saturated carbocycles. The lowest BCUT2D eigenvalue weighted by Gasteiger charge is -2.30. The Morgan fingerprint density at radius 3 is 1.41 bits per heavy atom. The van der Waals surface area contributed by atoms with Crippen molar-refractivity contribution in [2.45, 2.75) is 19.4 Å². The molecule has 0 N–H and O–H groups in total. The van der Waals surface area contributed by atoms with Crippen LogP contribution in [-0.2, 0) is 26.6 Å². The van der Waals surface area contributed by atoms with Gasteiger partial charge in [0.1, 0.15) is 6.23 Å². The fourth-order valence-electron chi connectivity index (χ4n) is 1.41. The molecule has 0 aromatic rings. The summed E-state index contributed by atoms with van der Waals surface area (Å²) in [5.74, 6) is 0. The molecule has 0 atom stereocenters. The molecule has 0 spiro atoms. The van der Waals surface area contributed by atoms with Gasteiger partial charge in [-0.25, -0.2) is 0 Å². The molecular weight excluding hydrogens is 260 g/mol. The molecule has 0 aromatic carbocycles. The molecule has 0 rings (SSSR count). The summed E-state index contributed by atoms with van der Waals surface area (Å²) in [7, 11) is 2.49. The van der Waals surface area contributed by atoms with E-state index in [1.807, 2.05) is 0 Å². The summed E-state index contributed by atoms with van der Waals surface area (Å²) in [4.78, 5) is 0. The second-order valence-electron chi connectivity index (χ2n) is 3.43. The molecule has 0 aliphatic carbocycles. The van der Waals surface area contributed by atoms with E-state index in [0.29, 0.717) is 0 Å². The number of hydrogen-bond donors (Lipinski definition) is 0. The molecule has 0 fully saturated rings. The normalized spacial score (nSPS) is 13.1. The maximum absolute atomic E-state index is 5.79. The van der Waals surface area contributed by atoms with Crippen LogP contribution >= 0.6 is 0 Å². The standard InChI is InChI=1S/C9H24O6Si2/c1-7-8-16(10-2,11-3)15-9-17(12-4,13-5)14-6/h7-9H2,1-6H3. The van der Waals surface area contributed by atoms with Gasteiger partial charge < -0.3 is 26.6 Å². The Morgan fingerprint density at radius 1 is 0.706 bits per heavy atom. The minimum atomic E-state index is -2.74. The number of rotatable bonds is 10. The Kier molecular flexibility index (Phi) is 8.42. The van der Waals surface area contributed by atoms with E-state index in [9.17, 15) is 0 Å². The first-order valence-corrected chi connectivity index (χ1v) is 9.33. The van der Waals surface area contributed by atoms with Crippen molar-refractivity contribution in [3.63, 3.8) is 0 Å². The van der Waals surface area contributed by atoms with Gasteiger partial charge in [0.25, 0.3) is 0 Å². The molecule has 6 nitrogen and oxygen atoms in total. The average Bonchev–Trinajstić information content (AvgIpc) is 2.39. The van der Waals surface area contributed by atoms with Gasteiger partial charge in [0.2, 0.25) is 0 Å². The minimum Gasteiger partial charge on any atom is -0.377 e. The second-order valence-corrected chi connectivity index (χ2v) is 9.28. The van der Waals surface area contributed by atoms with E-state index in [1.54, 1.807) is 35.5 Å². The number of hydrogen-bond acceptors (Lipinski definition) is 6. The fourth-order valence-corrected chi connectivity index (χ4v) is 5.42. The van der Waals surface area contributed by atoms with Gasteiger partial charge >= 0.3 is 17.6 Å². The SMILES string of the molecule is CCC[Si](OC)(OC)OC[Si](OC)(OC)OC. The molecule has 0 saturated heterocycles. The third kappa shape index (κ3) is 4.75. The van der Waals surface area contributed by atoms with Crippen molar-refractivity contribution >= 4 is 17.6 Å². The highest BCUT2D eigenvalue weighted by molar-refractivity contribution is 6.64. The van der Waals surface area contributed by atoms with Crippen LogP contribution in [0.15, 0.2) is 0 Å². The molecular formula is C9H24O6Si2. The quantitative estimate of drug-likeness (QED) is 0.559. The lowest BCUT2D eigenvalue weighted by molar-refractivity contribution is 0.0615. The van der Waals surface area contributed by atoms with Crippen LogP contribution in [0.2, 0.25) is 6.04 Å². The van der Waals surface area contributed by atoms with Gasteiger partial charge in [0.15, 0.2) is 0 Å². The lowest BCUT2D eigenvalue weighted by Crippen LogP contribution is -2.54. The highest BCUT2D eigenvalue weighted by Gasteiger charge is 2.46. The van der Waals surface area contributed by atoms with Crippen LogP contribution in [0.3, 0.4) is 0 Å². The average molecular weight is 284 g/mol. The third-order valence-electron chi connectivity index (χ3n) is 2.58. The van der Waals surface area contributed by atoms with Gasteiger partial charge in [-0.15, -0.1) is 0 Å². The van der Waals surface area contributed by atoms with Crippen LogP contribution in [0.1, 0.15) is 13.3 Å². The van der Waals surface area contributed by atoms with Gasteiger partial charge in [-0.3, -0.25) is 0 Å². The van der Waals surface area contributed by atoms with Crippen molar-refractivity contribution in [1.82, 2.24) is 0 Å². The van der Waals surface area contributed by atoms with E-state index in [4.69, 9.17) is 26.6 Å². The first kappa shape index (κ1) is 17.2. The zero-order valence-electron chi connectivity index (χ0n) is 11.6. The molecule has 0 bridgehead atoms. The molecule has 0 aliphatic heterocycles. The summed E-state index contributed by atoms with van der Waals surface area (Å²) >= 11 is 0. The molecule has 0 unspecified atom stereocenters. The van der Waals surface area contributed by atoms with E-state index in [-0.39, 0.29) is 6.23 Å². The summed E-state index contributed by atoms with van der Waals surface area (Å²) < 4.78 is 32.4. The predicted octanol–water partition coefficient (Wildman–Crippen LogP) is 1.06. The van der Waals surface area contributed by atoms with Crippen molar-refractivity contribution in [1.29, 1.82) is 0 Å². The van der Waals surface area contributed by atoms with E-state index >= 15 is 0 Å². The first-order chi connectivity index (χ1) is 8.07. The van der Waals surface area contributed by atoms with Crippen LogP contribution in [0.5, 0.6) is 0 Å². The van der Waals surface area contributed by atoms with Crippen LogP contribution < -0.4 is 0 Å². The van der Waals surface area contributed by atoms with Crippen molar-refractivity contribution in [3.8, 4) is 0 Å². The third-order valence-corrected chi connectivity index (χ3v) is 8.17. The van der Waals surface area contributed by atoms with Crippen molar-refractivity contribution in [2.75, 3.05) is 41.8 Å². The fraction of sp³-hybridized carbons (Fsp3) is 1.00. The Balaban J connectivity index is 4.56. The Labute approximate surface area is 106 Å². The van der Waals surface area contributed by atoms with Crippen molar-refractivity contribution in [2.24, 2.45) is 0 Å². The van der Waals surface area contributed by atoms with Gasteiger partial charge in [0, 0.05) is 41.6 Å². The molecule has 104 valence electrons. The van der Waals surface area contributed by atoms with Crippen LogP contribution in [0.25, 0.3) is 0 Å². The summed E-state index contributed by atoms with van der Waals surface area (Å²) in [6, 6.07) is 0.752. The summed E-state index contributed by atoms with van der Waals surface area (Å²) in [5.41, 5.74) is 0. The van der Waals surface area contributed by atoms with Gasteiger partial charge in [0.05, 0.1) is 0 Å². The van der Waals surface area contributed by atoms with E-state index in [0.717, 1.165) is 12.5 Å². The zero-order chi connectivity index (χ0) is 13.4. The predicted molar refractivity (Wildman–Crippen MR) is 67.6 cm³/mol. The van der Waals surface area contributed by atoms with Crippen molar-refractivity contribution in [3.05, 3.63) is 0 Å². The molecule has 0 radical (unpaired) electrons. The molecule has 0 aliphatic rings. The second kappa shape index (κ2) is 8.32. The van der Waals surface area contributed by atoms with Gasteiger partial charge in [-0.05, 0) is 0 Å². The van der Waals surface area contributed by atoms with Crippen LogP contribution in [0.4, 0.5) is 0 Å².